The summed E-state index contributed by atoms with van der Waals surface area (Å²) >= 11 is 0. The molecule has 3 aromatic heterocycles. The van der Waals surface area contributed by atoms with E-state index >= 15 is 0 Å². The van der Waals surface area contributed by atoms with Gasteiger partial charge in [-0.05, 0) is 81.6 Å². The van der Waals surface area contributed by atoms with Gasteiger partial charge in [-0.1, -0.05) is 109 Å². The molecule has 3 heterocycles. The van der Waals surface area contributed by atoms with Gasteiger partial charge in [-0.2, -0.15) is 0 Å². The average molecular weight is 623 g/mol. The molecule has 11 aromatic rings. The van der Waals surface area contributed by atoms with Crippen LogP contribution in [0.15, 0.2) is 162 Å². The van der Waals surface area contributed by atoms with Crippen molar-refractivity contribution < 1.29 is 4.42 Å². The highest BCUT2D eigenvalue weighted by molar-refractivity contribution is 6.29. The first-order valence-electron chi connectivity index (χ1n) is 16.9. The molecule has 49 heavy (non-hydrogen) atoms. The van der Waals surface area contributed by atoms with Crippen LogP contribution in [-0.2, 0) is 0 Å². The summed E-state index contributed by atoms with van der Waals surface area (Å²) < 4.78 is 11.7. The Balaban J connectivity index is 1.33. The van der Waals surface area contributed by atoms with Crippen LogP contribution in [0.5, 0.6) is 0 Å². The first-order valence-corrected chi connectivity index (χ1v) is 16.9. The molecule has 0 spiro atoms. The minimum absolute atomic E-state index is 0.911. The predicted octanol–water partition coefficient (Wildman–Crippen LogP) is 12.6. The number of nitrogens with zero attached hydrogens (tertiary/aromatic N) is 2. The molecular weight excluding hydrogens is 597 g/mol. The standard InChI is InChI=1S/C46H26N2O/c1-2-12-28(13-3-1)47-39-19-8-6-16-32(39)35-21-22-37-43-40(24-23-36-33-17-7-9-20-41(33)49-46(36)43)48(45(37)44(35)47)29-25-27-11-10-18-34-30-14-4-5-15-31(30)38(26-29)42(27)34/h1-26H. The topological polar surface area (TPSA) is 23.0 Å². The van der Waals surface area contributed by atoms with Gasteiger partial charge < -0.3 is 13.6 Å². The summed E-state index contributed by atoms with van der Waals surface area (Å²) in [4.78, 5) is 0. The van der Waals surface area contributed by atoms with Crippen LogP contribution in [0.2, 0.25) is 0 Å². The van der Waals surface area contributed by atoms with Gasteiger partial charge in [0.15, 0.2) is 0 Å². The van der Waals surface area contributed by atoms with Crippen LogP contribution in [0.3, 0.4) is 0 Å². The van der Waals surface area contributed by atoms with Crippen LogP contribution in [0.25, 0.3) is 110 Å². The highest BCUT2D eigenvalue weighted by atomic mass is 16.3. The summed E-state index contributed by atoms with van der Waals surface area (Å²) in [5.41, 5.74) is 14.0. The lowest BCUT2D eigenvalue weighted by Crippen LogP contribution is -1.99. The maximum Gasteiger partial charge on any atom is 0.145 e. The van der Waals surface area contributed by atoms with E-state index in [0.29, 0.717) is 0 Å². The highest BCUT2D eigenvalue weighted by Gasteiger charge is 2.26. The van der Waals surface area contributed by atoms with Gasteiger partial charge in [0, 0.05) is 38.3 Å². The number of benzene rings is 8. The van der Waals surface area contributed by atoms with Crippen molar-refractivity contribution in [2.45, 2.75) is 0 Å². The van der Waals surface area contributed by atoms with Crippen molar-refractivity contribution >= 4 is 76.3 Å². The van der Waals surface area contributed by atoms with Gasteiger partial charge in [0.05, 0.1) is 27.5 Å². The second-order valence-corrected chi connectivity index (χ2v) is 13.3. The largest absolute Gasteiger partial charge is 0.455 e. The Hall–Kier alpha value is -6.58. The van der Waals surface area contributed by atoms with Crippen molar-refractivity contribution in [2.75, 3.05) is 0 Å². The van der Waals surface area contributed by atoms with E-state index in [4.69, 9.17) is 4.42 Å². The zero-order chi connectivity index (χ0) is 31.8. The van der Waals surface area contributed by atoms with Crippen molar-refractivity contribution in [3.05, 3.63) is 158 Å². The van der Waals surface area contributed by atoms with Crippen LogP contribution in [0.4, 0.5) is 0 Å². The molecule has 12 rings (SSSR count). The minimum atomic E-state index is 0.911. The molecule has 0 saturated heterocycles. The van der Waals surface area contributed by atoms with E-state index in [-0.39, 0.29) is 0 Å². The van der Waals surface area contributed by atoms with Gasteiger partial charge >= 0.3 is 0 Å². The van der Waals surface area contributed by atoms with E-state index in [1.54, 1.807) is 0 Å². The summed E-state index contributed by atoms with van der Waals surface area (Å²) in [6, 6.07) is 57.5. The second-order valence-electron chi connectivity index (χ2n) is 13.3. The molecule has 0 unspecified atom stereocenters. The molecule has 0 saturated carbocycles. The third-order valence-corrected chi connectivity index (χ3v) is 10.8. The molecule has 1 aliphatic rings. The summed E-state index contributed by atoms with van der Waals surface area (Å²) in [5, 5.41) is 9.65. The van der Waals surface area contributed by atoms with Crippen LogP contribution in [0, 0.1) is 0 Å². The highest BCUT2D eigenvalue weighted by Crippen LogP contribution is 2.50. The normalized spacial score (nSPS) is 12.5. The van der Waals surface area contributed by atoms with Crippen molar-refractivity contribution in [3.8, 4) is 33.6 Å². The molecule has 0 fully saturated rings. The number of aromatic nitrogens is 2. The van der Waals surface area contributed by atoms with Crippen molar-refractivity contribution in [1.82, 2.24) is 9.13 Å². The Morgan fingerprint density at radius 3 is 1.94 bits per heavy atom. The average Bonchev–Trinajstić information content (AvgIpc) is 3.89. The SMILES string of the molecule is c1ccc(-n2c3ccccc3c3ccc4c5c6oc7ccccc7c6ccc5n(-c5cc6c7c(cccc7c5)-c5ccccc5-6)c4c32)cc1. The zero-order valence-corrected chi connectivity index (χ0v) is 26.3. The van der Waals surface area contributed by atoms with Crippen LogP contribution >= 0.6 is 0 Å². The Labute approximate surface area is 280 Å². The molecule has 3 heteroatoms. The quantitative estimate of drug-likeness (QED) is 0.188. The molecule has 0 radical (unpaired) electrons. The molecule has 8 aromatic carbocycles. The summed E-state index contributed by atoms with van der Waals surface area (Å²) in [6.07, 6.45) is 0. The van der Waals surface area contributed by atoms with Gasteiger partial charge in [0.2, 0.25) is 0 Å². The van der Waals surface area contributed by atoms with Crippen LogP contribution < -0.4 is 0 Å². The maximum atomic E-state index is 6.76. The lowest BCUT2D eigenvalue weighted by Gasteiger charge is -2.14. The number of furan rings is 1. The first-order chi connectivity index (χ1) is 24.3. The molecule has 0 bridgehead atoms. The van der Waals surface area contributed by atoms with Crippen LogP contribution in [-0.4, -0.2) is 9.13 Å². The molecule has 0 N–H and O–H groups in total. The fraction of sp³-hybridized carbons (Fsp3) is 0. The molecule has 3 nitrogen and oxygen atoms in total. The van der Waals surface area contributed by atoms with Crippen molar-refractivity contribution in [1.29, 1.82) is 0 Å². The Bertz CT molecular complexity index is 3210. The van der Waals surface area contributed by atoms with Gasteiger partial charge in [0.25, 0.3) is 0 Å². The van der Waals surface area contributed by atoms with E-state index in [2.05, 4.69) is 167 Å². The van der Waals surface area contributed by atoms with E-state index < -0.39 is 0 Å². The summed E-state index contributed by atoms with van der Waals surface area (Å²) in [7, 11) is 0. The van der Waals surface area contributed by atoms with E-state index in [9.17, 15) is 0 Å². The lowest BCUT2D eigenvalue weighted by atomic mass is 10.0. The Morgan fingerprint density at radius 2 is 1.04 bits per heavy atom. The predicted molar refractivity (Wildman–Crippen MR) is 204 cm³/mol. The van der Waals surface area contributed by atoms with Gasteiger partial charge in [-0.25, -0.2) is 0 Å². The third kappa shape index (κ3) is 3.17. The fourth-order valence-corrected chi connectivity index (χ4v) is 8.86. The third-order valence-electron chi connectivity index (χ3n) is 10.8. The molecule has 1 aliphatic carbocycles. The molecule has 0 atom stereocenters. The monoisotopic (exact) mass is 622 g/mol. The minimum Gasteiger partial charge on any atom is -0.455 e. The molecule has 0 aliphatic heterocycles. The molecule has 226 valence electrons. The number of hydrogen-bond donors (Lipinski definition) is 0. The number of hydrogen-bond acceptors (Lipinski definition) is 1. The summed E-state index contributed by atoms with van der Waals surface area (Å²) in [5.74, 6) is 0. The van der Waals surface area contributed by atoms with Crippen molar-refractivity contribution in [2.24, 2.45) is 0 Å². The second kappa shape index (κ2) is 9.06. The maximum absolute atomic E-state index is 6.76. The number of fused-ring (bicyclic) bond motifs is 14. The lowest BCUT2D eigenvalue weighted by molar-refractivity contribution is 0.673. The first kappa shape index (κ1) is 25.5. The molecule has 0 amide bonds. The van der Waals surface area contributed by atoms with Gasteiger partial charge in [0.1, 0.15) is 11.2 Å². The number of rotatable bonds is 2. The zero-order valence-electron chi connectivity index (χ0n) is 26.3. The van der Waals surface area contributed by atoms with Gasteiger partial charge in [-0.3, -0.25) is 0 Å². The van der Waals surface area contributed by atoms with Crippen molar-refractivity contribution in [3.63, 3.8) is 0 Å². The van der Waals surface area contributed by atoms with Gasteiger partial charge in [-0.15, -0.1) is 0 Å². The van der Waals surface area contributed by atoms with Crippen LogP contribution in [0.1, 0.15) is 0 Å². The molecular formula is C46H26N2O. The fourth-order valence-electron chi connectivity index (χ4n) is 8.86. The number of para-hydroxylation sites is 3. The smallest absolute Gasteiger partial charge is 0.145 e. The van der Waals surface area contributed by atoms with E-state index in [1.807, 2.05) is 0 Å². The summed E-state index contributed by atoms with van der Waals surface area (Å²) in [6.45, 7) is 0. The Morgan fingerprint density at radius 1 is 0.367 bits per heavy atom. The van der Waals surface area contributed by atoms with E-state index in [1.165, 1.54) is 65.7 Å². The van der Waals surface area contributed by atoms with E-state index in [0.717, 1.165) is 44.2 Å². The Kier molecular flexibility index (Phi) is 4.72.